The van der Waals surface area contributed by atoms with E-state index in [0.717, 1.165) is 0 Å². The molecule has 0 amide bonds. The van der Waals surface area contributed by atoms with Gasteiger partial charge in [-0.2, -0.15) is 5.10 Å². The van der Waals surface area contributed by atoms with Gasteiger partial charge in [0.25, 0.3) is 0 Å². The number of carbonyl (C=O) groups is 1. The van der Waals surface area contributed by atoms with Crippen LogP contribution in [0.2, 0.25) is 0 Å². The molecule has 0 saturated carbocycles. The molecule has 0 aromatic carbocycles. The molecule has 0 aliphatic heterocycles. The molecule has 9 nitrogen and oxygen atoms in total. The van der Waals surface area contributed by atoms with Crippen molar-refractivity contribution in [2.45, 2.75) is 26.4 Å². The van der Waals surface area contributed by atoms with Gasteiger partial charge in [0.2, 0.25) is 0 Å². The summed E-state index contributed by atoms with van der Waals surface area (Å²) in [6.45, 7) is 3.28. The second-order valence-electron chi connectivity index (χ2n) is 3.88. The van der Waals surface area contributed by atoms with Crippen molar-refractivity contribution in [1.82, 2.24) is 29.8 Å². The molecule has 0 fully saturated rings. The van der Waals surface area contributed by atoms with Crippen LogP contribution < -0.4 is 5.73 Å². The largest absolute Gasteiger partial charge is 0.476 e. The smallest absolute Gasteiger partial charge is 0.358 e. The Balaban J connectivity index is 2.32. The molecule has 0 spiro atoms. The van der Waals surface area contributed by atoms with Crippen molar-refractivity contribution in [3.63, 3.8) is 0 Å². The molecule has 2 rings (SSSR count). The topological polar surface area (TPSA) is 125 Å². The van der Waals surface area contributed by atoms with Gasteiger partial charge in [-0.05, 0) is 13.5 Å². The molecule has 0 unspecified atom stereocenters. The van der Waals surface area contributed by atoms with E-state index in [1.165, 1.54) is 11.0 Å². The van der Waals surface area contributed by atoms with Crippen LogP contribution in [0.3, 0.4) is 0 Å². The highest BCUT2D eigenvalue weighted by Crippen LogP contribution is 2.08. The molecule has 102 valence electrons. The Bertz CT molecular complexity index is 574. The maximum absolute atomic E-state index is 11.0. The molecule has 2 heterocycles. The molecule has 9 heteroatoms. The molecule has 0 bridgehead atoms. The van der Waals surface area contributed by atoms with Crippen LogP contribution in [0.25, 0.3) is 0 Å². The van der Waals surface area contributed by atoms with Crippen molar-refractivity contribution in [3.8, 4) is 0 Å². The van der Waals surface area contributed by atoms with Crippen molar-refractivity contribution in [2.75, 3.05) is 6.54 Å². The van der Waals surface area contributed by atoms with Gasteiger partial charge in [-0.3, -0.25) is 0 Å². The van der Waals surface area contributed by atoms with E-state index >= 15 is 0 Å². The van der Waals surface area contributed by atoms with Gasteiger partial charge in [0.15, 0.2) is 5.69 Å². The number of nitrogens with zero attached hydrogens (tertiary/aromatic N) is 6. The monoisotopic (exact) mass is 265 g/mol. The highest BCUT2D eigenvalue weighted by Gasteiger charge is 2.19. The summed E-state index contributed by atoms with van der Waals surface area (Å²) in [6.07, 6.45) is 1.85. The van der Waals surface area contributed by atoms with Crippen LogP contribution in [-0.4, -0.2) is 47.4 Å². The molecule has 0 atom stereocenters. The zero-order valence-electron chi connectivity index (χ0n) is 10.5. The summed E-state index contributed by atoms with van der Waals surface area (Å²) in [6, 6.07) is 0. The van der Waals surface area contributed by atoms with E-state index in [-0.39, 0.29) is 5.69 Å². The third kappa shape index (κ3) is 2.60. The number of carboxylic acid groups (broad SMARTS) is 1. The Labute approximate surface area is 109 Å². The second kappa shape index (κ2) is 5.57. The lowest BCUT2D eigenvalue weighted by Gasteiger charge is -2.06. The summed E-state index contributed by atoms with van der Waals surface area (Å²) < 4.78 is 3.22. The Hall–Kier alpha value is -2.29. The maximum Gasteiger partial charge on any atom is 0.358 e. The Kier molecular flexibility index (Phi) is 3.85. The first-order valence-corrected chi connectivity index (χ1v) is 5.89. The highest BCUT2D eigenvalue weighted by molar-refractivity contribution is 5.86. The van der Waals surface area contributed by atoms with Gasteiger partial charge in [0.05, 0.1) is 5.69 Å². The van der Waals surface area contributed by atoms with Crippen LogP contribution in [0.5, 0.6) is 0 Å². The van der Waals surface area contributed by atoms with Gasteiger partial charge < -0.3 is 10.8 Å². The molecular weight excluding hydrogens is 250 g/mol. The first-order chi connectivity index (χ1) is 9.17. The third-order valence-corrected chi connectivity index (χ3v) is 2.71. The van der Waals surface area contributed by atoms with Crippen molar-refractivity contribution in [1.29, 1.82) is 0 Å². The Morgan fingerprint density at radius 2 is 2.26 bits per heavy atom. The minimum atomic E-state index is -1.10. The molecule has 0 aliphatic rings. The minimum Gasteiger partial charge on any atom is -0.476 e. The zero-order chi connectivity index (χ0) is 13.8. The lowest BCUT2D eigenvalue weighted by molar-refractivity contribution is 0.0689. The molecule has 0 radical (unpaired) electrons. The first kappa shape index (κ1) is 13.1. The molecular formula is C10H15N7O2. The van der Waals surface area contributed by atoms with Crippen LogP contribution in [0, 0.1) is 0 Å². The van der Waals surface area contributed by atoms with E-state index in [4.69, 9.17) is 10.8 Å². The number of aryl methyl sites for hydroxylation is 1. The van der Waals surface area contributed by atoms with E-state index in [2.05, 4.69) is 20.4 Å². The van der Waals surface area contributed by atoms with E-state index in [0.29, 0.717) is 37.6 Å². The number of rotatable bonds is 6. The van der Waals surface area contributed by atoms with Gasteiger partial charge in [-0.1, -0.05) is 5.21 Å². The van der Waals surface area contributed by atoms with Crippen LogP contribution in [0.4, 0.5) is 0 Å². The van der Waals surface area contributed by atoms with Crippen LogP contribution in [0.1, 0.15) is 28.9 Å². The predicted octanol–water partition coefficient (Wildman–Crippen LogP) is -0.863. The van der Waals surface area contributed by atoms with Crippen molar-refractivity contribution in [3.05, 3.63) is 23.5 Å². The first-order valence-electron chi connectivity index (χ1n) is 5.89. The quantitative estimate of drug-likeness (QED) is 0.696. The summed E-state index contributed by atoms with van der Waals surface area (Å²) in [7, 11) is 0. The van der Waals surface area contributed by atoms with Gasteiger partial charge in [0.1, 0.15) is 18.7 Å². The predicted molar refractivity (Wildman–Crippen MR) is 64.5 cm³/mol. The molecule has 0 saturated heterocycles. The van der Waals surface area contributed by atoms with E-state index in [9.17, 15) is 4.79 Å². The van der Waals surface area contributed by atoms with Crippen molar-refractivity contribution < 1.29 is 9.90 Å². The average Bonchev–Trinajstić information content (AvgIpc) is 2.98. The molecule has 3 N–H and O–H groups in total. The minimum absolute atomic E-state index is 0.0620. The van der Waals surface area contributed by atoms with Gasteiger partial charge in [0, 0.05) is 13.0 Å². The highest BCUT2D eigenvalue weighted by atomic mass is 16.4. The standard InChI is InChI=1S/C10H15N7O2/c1-2-16-8(12-6-13-16)5-17-7(3-4-11)9(10(18)19)14-15-17/h6H,2-5,11H2,1H3,(H,18,19). The normalized spacial score (nSPS) is 10.8. The fraction of sp³-hybridized carbons (Fsp3) is 0.500. The van der Waals surface area contributed by atoms with Crippen LogP contribution >= 0.6 is 0 Å². The molecule has 2 aromatic rings. The Morgan fingerprint density at radius 3 is 2.89 bits per heavy atom. The van der Waals surface area contributed by atoms with Crippen molar-refractivity contribution >= 4 is 5.97 Å². The van der Waals surface area contributed by atoms with Crippen LogP contribution in [0.15, 0.2) is 6.33 Å². The SMILES string of the molecule is CCn1ncnc1Cn1nnc(C(=O)O)c1CCN. The lowest BCUT2D eigenvalue weighted by Crippen LogP contribution is -2.16. The third-order valence-electron chi connectivity index (χ3n) is 2.71. The maximum atomic E-state index is 11.0. The number of aromatic carboxylic acids is 1. The molecule has 2 aromatic heterocycles. The summed E-state index contributed by atoms with van der Waals surface area (Å²) in [4.78, 5) is 15.2. The second-order valence-corrected chi connectivity index (χ2v) is 3.88. The summed E-state index contributed by atoms with van der Waals surface area (Å²) in [5.41, 5.74) is 5.93. The zero-order valence-corrected chi connectivity index (χ0v) is 10.5. The molecule has 19 heavy (non-hydrogen) atoms. The summed E-state index contributed by atoms with van der Waals surface area (Å²) in [5.74, 6) is -0.408. The van der Waals surface area contributed by atoms with Gasteiger partial charge >= 0.3 is 5.97 Å². The van der Waals surface area contributed by atoms with Gasteiger partial charge in [-0.15, -0.1) is 5.10 Å². The fourth-order valence-electron chi connectivity index (χ4n) is 1.82. The van der Waals surface area contributed by atoms with E-state index < -0.39 is 5.97 Å². The average molecular weight is 265 g/mol. The summed E-state index contributed by atoms with van der Waals surface area (Å²) >= 11 is 0. The summed E-state index contributed by atoms with van der Waals surface area (Å²) in [5, 5.41) is 20.6. The van der Waals surface area contributed by atoms with E-state index in [1.807, 2.05) is 6.92 Å². The van der Waals surface area contributed by atoms with Crippen molar-refractivity contribution in [2.24, 2.45) is 5.73 Å². The van der Waals surface area contributed by atoms with E-state index in [1.54, 1.807) is 4.68 Å². The number of carboxylic acids is 1. The Morgan fingerprint density at radius 1 is 1.47 bits per heavy atom. The number of nitrogens with two attached hydrogens (primary N) is 1. The number of hydrogen-bond donors (Lipinski definition) is 2. The number of aromatic nitrogens is 6. The lowest BCUT2D eigenvalue weighted by atomic mass is 10.2. The number of hydrogen-bond acceptors (Lipinski definition) is 6. The van der Waals surface area contributed by atoms with Crippen LogP contribution in [-0.2, 0) is 19.5 Å². The fourth-order valence-corrected chi connectivity index (χ4v) is 1.82. The van der Waals surface area contributed by atoms with Gasteiger partial charge in [-0.25, -0.2) is 19.1 Å². The molecule has 0 aliphatic carbocycles.